The summed E-state index contributed by atoms with van der Waals surface area (Å²) in [5.74, 6) is 2.70. The Hall–Kier alpha value is -3.84. The van der Waals surface area contributed by atoms with Gasteiger partial charge in [0, 0.05) is 44.4 Å². The minimum absolute atomic E-state index is 0.856. The van der Waals surface area contributed by atoms with Crippen LogP contribution in [-0.4, -0.2) is 7.05 Å². The van der Waals surface area contributed by atoms with E-state index in [0.717, 1.165) is 25.7 Å². The second kappa shape index (κ2) is 12.6. The molecule has 0 bridgehead atoms. The fourth-order valence-corrected chi connectivity index (χ4v) is 6.39. The van der Waals surface area contributed by atoms with Gasteiger partial charge in [-0.3, -0.25) is 0 Å². The van der Waals surface area contributed by atoms with Gasteiger partial charge in [0.25, 0.3) is 0 Å². The summed E-state index contributed by atoms with van der Waals surface area (Å²) in [4.78, 5) is 7.52. The molecule has 0 atom stereocenters. The number of thiophene rings is 2. The third kappa shape index (κ3) is 6.34. The molecule has 3 aromatic carbocycles. The molecule has 5 rings (SSSR count). The maximum atomic E-state index is 5.31. The van der Waals surface area contributed by atoms with Gasteiger partial charge in [0.15, 0.2) is 0 Å². The number of anilines is 2. The van der Waals surface area contributed by atoms with Gasteiger partial charge in [-0.2, -0.15) is 0 Å². The molecule has 0 saturated heterocycles. The van der Waals surface area contributed by atoms with Crippen molar-refractivity contribution in [1.82, 2.24) is 0 Å². The topological polar surface area (TPSA) is 3.24 Å². The molecule has 5 aromatic rings. The van der Waals surface area contributed by atoms with Crippen molar-refractivity contribution < 1.29 is 0 Å². The Bertz CT molecular complexity index is 1510. The lowest BCUT2D eigenvalue weighted by atomic mass is 10.1. The summed E-state index contributed by atoms with van der Waals surface area (Å²) in [5.41, 5.74) is 6.13. The summed E-state index contributed by atoms with van der Waals surface area (Å²) >= 11 is 3.70. The fraction of sp³-hybridized carbons (Fsp3) is 0.143. The van der Waals surface area contributed by atoms with Crippen molar-refractivity contribution in [1.29, 1.82) is 0 Å². The molecule has 0 saturated carbocycles. The molecule has 0 aliphatic heterocycles. The molecule has 0 fully saturated rings. The number of unbranched alkanes of at least 4 members (excludes halogenated alkanes) is 2. The summed E-state index contributed by atoms with van der Waals surface area (Å²) in [6.07, 6.45) is 13.8. The van der Waals surface area contributed by atoms with Crippen LogP contribution in [-0.2, 0) is 6.42 Å². The average Bonchev–Trinajstić information content (AvgIpc) is 3.66. The number of hydrogen-bond acceptors (Lipinski definition) is 3. The molecule has 0 aliphatic rings. The number of nitrogens with zero attached hydrogens (tertiary/aromatic N) is 1. The Kier molecular flexibility index (Phi) is 8.56. The molecule has 38 heavy (non-hydrogen) atoms. The Balaban J connectivity index is 1.21. The number of rotatable bonds is 10. The number of hydrogen-bond donors (Lipinski definition) is 0. The van der Waals surface area contributed by atoms with E-state index in [-0.39, 0.29) is 0 Å². The Morgan fingerprint density at radius 2 is 1.21 bits per heavy atom. The largest absolute Gasteiger partial charge is 0.345 e. The molecular weight excluding hydrogens is 499 g/mol. The monoisotopic (exact) mass is 529 g/mol. The van der Waals surface area contributed by atoms with Crippen LogP contribution < -0.4 is 4.90 Å². The van der Waals surface area contributed by atoms with Crippen LogP contribution in [0.1, 0.15) is 24.1 Å². The zero-order chi connectivity index (χ0) is 26.2. The highest BCUT2D eigenvalue weighted by Crippen LogP contribution is 2.36. The molecular formula is C35H31NS2. The van der Waals surface area contributed by atoms with Crippen molar-refractivity contribution in [3.63, 3.8) is 0 Å². The summed E-state index contributed by atoms with van der Waals surface area (Å²) in [6.45, 7) is 0. The molecule has 3 heteroatoms. The van der Waals surface area contributed by atoms with Gasteiger partial charge in [-0.1, -0.05) is 66.7 Å². The molecule has 1 nitrogen and oxygen atoms in total. The van der Waals surface area contributed by atoms with Crippen LogP contribution in [0, 0.1) is 12.3 Å². The standard InChI is InChI=1S/C35H31NS2/c1-3-4-5-6-7-11-14-32-23-24-33(37-32)28-15-19-30(20-16-28)36(2)31-21-17-29(18-22-31)35-26-25-34(38-35)27-12-9-8-10-13-27/h1,7-13,15-26H,4-6,14H2,2H3/b11-7-. The van der Waals surface area contributed by atoms with Crippen molar-refractivity contribution in [2.75, 3.05) is 11.9 Å². The lowest BCUT2D eigenvalue weighted by Gasteiger charge is -2.20. The zero-order valence-electron chi connectivity index (χ0n) is 21.6. The van der Waals surface area contributed by atoms with E-state index in [0.29, 0.717) is 0 Å². The van der Waals surface area contributed by atoms with Crippen LogP contribution in [0.15, 0.2) is 115 Å². The van der Waals surface area contributed by atoms with Crippen LogP contribution in [0.5, 0.6) is 0 Å². The van der Waals surface area contributed by atoms with Crippen molar-refractivity contribution >= 4 is 34.0 Å². The van der Waals surface area contributed by atoms with Crippen LogP contribution in [0.2, 0.25) is 0 Å². The van der Waals surface area contributed by atoms with E-state index in [1.165, 1.54) is 47.6 Å². The maximum Gasteiger partial charge on any atom is 0.0408 e. The molecule has 0 spiro atoms. The fourth-order valence-electron chi connectivity index (χ4n) is 4.38. The smallest absolute Gasteiger partial charge is 0.0408 e. The van der Waals surface area contributed by atoms with Crippen LogP contribution in [0.3, 0.4) is 0 Å². The molecule has 0 radical (unpaired) electrons. The molecule has 2 heterocycles. The zero-order valence-corrected chi connectivity index (χ0v) is 23.3. The summed E-state index contributed by atoms with van der Waals surface area (Å²) in [5, 5.41) is 0. The second-order valence-electron chi connectivity index (χ2n) is 9.22. The van der Waals surface area contributed by atoms with Crippen LogP contribution in [0.25, 0.3) is 31.3 Å². The number of allylic oxidation sites excluding steroid dienone is 2. The molecule has 0 N–H and O–H groups in total. The summed E-state index contributed by atoms with van der Waals surface area (Å²) < 4.78 is 0. The molecule has 0 unspecified atom stereocenters. The maximum absolute atomic E-state index is 5.31. The predicted octanol–water partition coefficient (Wildman–Crippen LogP) is 10.5. The Morgan fingerprint density at radius 3 is 1.82 bits per heavy atom. The van der Waals surface area contributed by atoms with Gasteiger partial charge in [0.2, 0.25) is 0 Å². The third-order valence-corrected chi connectivity index (χ3v) is 8.92. The summed E-state index contributed by atoms with van der Waals surface area (Å²) in [6, 6.07) is 37.2. The normalized spacial score (nSPS) is 11.1. The van der Waals surface area contributed by atoms with Crippen molar-refractivity contribution in [3.8, 4) is 43.7 Å². The summed E-state index contributed by atoms with van der Waals surface area (Å²) in [7, 11) is 2.13. The van der Waals surface area contributed by atoms with Crippen molar-refractivity contribution in [3.05, 3.63) is 120 Å². The van der Waals surface area contributed by atoms with Crippen LogP contribution in [0.4, 0.5) is 11.4 Å². The lowest BCUT2D eigenvalue weighted by molar-refractivity contribution is 0.883. The molecule has 188 valence electrons. The van der Waals surface area contributed by atoms with Crippen LogP contribution >= 0.6 is 22.7 Å². The quantitative estimate of drug-likeness (QED) is 0.0988. The predicted molar refractivity (Wildman–Crippen MR) is 169 cm³/mol. The third-order valence-electron chi connectivity index (χ3n) is 6.58. The van der Waals surface area contributed by atoms with E-state index >= 15 is 0 Å². The molecule has 0 amide bonds. The Labute approximate surface area is 234 Å². The van der Waals surface area contributed by atoms with E-state index in [4.69, 9.17) is 6.42 Å². The first-order chi connectivity index (χ1) is 18.7. The highest BCUT2D eigenvalue weighted by molar-refractivity contribution is 7.18. The highest BCUT2D eigenvalue weighted by Gasteiger charge is 2.09. The SMILES string of the molecule is C#CCCC/C=C\Cc1ccc(-c2ccc(N(C)c3ccc(-c4ccc(-c5ccccc5)s4)cc3)cc2)s1. The number of benzene rings is 3. The van der Waals surface area contributed by atoms with Crippen molar-refractivity contribution in [2.24, 2.45) is 0 Å². The van der Waals surface area contributed by atoms with Gasteiger partial charge in [0.05, 0.1) is 0 Å². The van der Waals surface area contributed by atoms with E-state index in [1.54, 1.807) is 0 Å². The first-order valence-corrected chi connectivity index (χ1v) is 14.6. The van der Waals surface area contributed by atoms with E-state index in [9.17, 15) is 0 Å². The first kappa shape index (κ1) is 25.8. The van der Waals surface area contributed by atoms with E-state index in [2.05, 4.69) is 133 Å². The second-order valence-corrected chi connectivity index (χ2v) is 11.5. The van der Waals surface area contributed by atoms with Gasteiger partial charge >= 0.3 is 0 Å². The van der Waals surface area contributed by atoms with Gasteiger partial charge in [-0.15, -0.1) is 35.0 Å². The number of terminal acetylenes is 1. The van der Waals surface area contributed by atoms with Gasteiger partial charge in [0.1, 0.15) is 0 Å². The Morgan fingerprint density at radius 1 is 0.658 bits per heavy atom. The minimum Gasteiger partial charge on any atom is -0.345 e. The highest BCUT2D eigenvalue weighted by atomic mass is 32.1. The lowest BCUT2D eigenvalue weighted by Crippen LogP contribution is -2.08. The van der Waals surface area contributed by atoms with Gasteiger partial charge < -0.3 is 4.90 Å². The van der Waals surface area contributed by atoms with Crippen molar-refractivity contribution in [2.45, 2.75) is 25.7 Å². The van der Waals surface area contributed by atoms with Gasteiger partial charge in [-0.05, 0) is 84.5 Å². The van der Waals surface area contributed by atoms with Gasteiger partial charge in [-0.25, -0.2) is 0 Å². The molecule has 0 aliphatic carbocycles. The minimum atomic E-state index is 0.856. The average molecular weight is 530 g/mol. The molecule has 2 aromatic heterocycles. The van der Waals surface area contributed by atoms with E-state index < -0.39 is 0 Å². The first-order valence-electron chi connectivity index (χ1n) is 13.0. The van der Waals surface area contributed by atoms with E-state index in [1.807, 2.05) is 22.7 Å².